The normalized spacial score (nSPS) is 12.2. The number of nitrogens with zero attached hydrogens (tertiary/aromatic N) is 2. The molecule has 1 rings (SSSR count). The lowest BCUT2D eigenvalue weighted by atomic mass is 10.2. The summed E-state index contributed by atoms with van der Waals surface area (Å²) in [4.78, 5) is 9.02. The Morgan fingerprint density at radius 2 is 1.70 bits per heavy atom. The molecule has 0 saturated carbocycles. The van der Waals surface area contributed by atoms with Gasteiger partial charge in [-0.2, -0.15) is 0 Å². The van der Waals surface area contributed by atoms with Gasteiger partial charge in [0.1, 0.15) is 17.5 Å². The van der Waals surface area contributed by atoms with Crippen LogP contribution in [-0.2, 0) is 6.42 Å². The van der Waals surface area contributed by atoms with Crippen molar-refractivity contribution in [3.8, 4) is 0 Å². The Bertz CT molecular complexity index is 384. The van der Waals surface area contributed by atoms with E-state index in [0.717, 1.165) is 62.7 Å². The van der Waals surface area contributed by atoms with Gasteiger partial charge in [-0.1, -0.05) is 20.8 Å². The fourth-order valence-electron chi connectivity index (χ4n) is 1.84. The minimum atomic E-state index is -0.239. The van der Waals surface area contributed by atoms with Crippen molar-refractivity contribution in [2.24, 2.45) is 0 Å². The van der Waals surface area contributed by atoms with Gasteiger partial charge in [-0.05, 0) is 25.7 Å². The van der Waals surface area contributed by atoms with Crippen LogP contribution in [0.15, 0.2) is 6.07 Å². The molecule has 1 unspecified atom stereocenters. The fraction of sp³-hybridized carbons (Fsp3) is 0.733. The summed E-state index contributed by atoms with van der Waals surface area (Å²) in [7, 11) is 0. The van der Waals surface area contributed by atoms with E-state index in [9.17, 15) is 5.11 Å². The average molecular weight is 280 g/mol. The Hall–Kier alpha value is -1.36. The van der Waals surface area contributed by atoms with Gasteiger partial charge in [0.05, 0.1) is 6.10 Å². The molecule has 0 amide bonds. The number of rotatable bonds is 10. The standard InChI is InChI=1S/C15H28N4O/c1-4-7-13-18-14(16-9-5-2)11-15(19-13)17-10-8-12(20)6-3/h11-12,20H,4-10H2,1-3H3,(H2,16,17,18,19). The first-order chi connectivity index (χ1) is 9.69. The number of aryl methyl sites for hydroxylation is 1. The van der Waals surface area contributed by atoms with Crippen LogP contribution in [0, 0.1) is 0 Å². The summed E-state index contributed by atoms with van der Waals surface area (Å²) in [6, 6.07) is 1.94. The Balaban J connectivity index is 2.64. The third-order valence-electron chi connectivity index (χ3n) is 3.06. The first kappa shape index (κ1) is 16.7. The zero-order valence-electron chi connectivity index (χ0n) is 12.9. The molecule has 5 nitrogen and oxygen atoms in total. The van der Waals surface area contributed by atoms with Gasteiger partial charge in [0.25, 0.3) is 0 Å². The lowest BCUT2D eigenvalue weighted by Crippen LogP contribution is -2.14. The molecule has 0 spiro atoms. The van der Waals surface area contributed by atoms with Crippen molar-refractivity contribution in [2.45, 2.75) is 59.0 Å². The van der Waals surface area contributed by atoms with Crippen molar-refractivity contribution in [3.05, 3.63) is 11.9 Å². The molecule has 1 aromatic rings. The number of nitrogens with one attached hydrogen (secondary N) is 2. The van der Waals surface area contributed by atoms with Crippen LogP contribution in [0.2, 0.25) is 0 Å². The molecule has 0 aliphatic heterocycles. The molecule has 0 radical (unpaired) electrons. The molecule has 0 fully saturated rings. The summed E-state index contributed by atoms with van der Waals surface area (Å²) in [5.74, 6) is 2.58. The molecule has 0 aliphatic carbocycles. The van der Waals surface area contributed by atoms with E-state index >= 15 is 0 Å². The number of hydrogen-bond acceptors (Lipinski definition) is 5. The highest BCUT2D eigenvalue weighted by Gasteiger charge is 2.05. The maximum absolute atomic E-state index is 9.56. The molecule has 1 aromatic heterocycles. The van der Waals surface area contributed by atoms with E-state index in [1.807, 2.05) is 13.0 Å². The monoisotopic (exact) mass is 280 g/mol. The second kappa shape index (κ2) is 9.53. The number of hydrogen-bond donors (Lipinski definition) is 3. The van der Waals surface area contributed by atoms with Crippen molar-refractivity contribution < 1.29 is 5.11 Å². The molecule has 114 valence electrons. The van der Waals surface area contributed by atoms with Crippen LogP contribution in [0.5, 0.6) is 0 Å². The van der Waals surface area contributed by atoms with Crippen LogP contribution in [0.4, 0.5) is 11.6 Å². The van der Waals surface area contributed by atoms with Crippen molar-refractivity contribution in [2.75, 3.05) is 23.7 Å². The smallest absolute Gasteiger partial charge is 0.133 e. The topological polar surface area (TPSA) is 70.1 Å². The minimum Gasteiger partial charge on any atom is -0.393 e. The predicted molar refractivity (Wildman–Crippen MR) is 84.2 cm³/mol. The van der Waals surface area contributed by atoms with Gasteiger partial charge in [-0.25, -0.2) is 9.97 Å². The number of aliphatic hydroxyl groups excluding tert-OH is 1. The van der Waals surface area contributed by atoms with E-state index < -0.39 is 0 Å². The van der Waals surface area contributed by atoms with E-state index in [-0.39, 0.29) is 6.10 Å². The third-order valence-corrected chi connectivity index (χ3v) is 3.06. The predicted octanol–water partition coefficient (Wildman–Crippen LogP) is 2.82. The summed E-state index contributed by atoms with van der Waals surface area (Å²) in [5.41, 5.74) is 0. The van der Waals surface area contributed by atoms with Crippen LogP contribution in [0.25, 0.3) is 0 Å². The van der Waals surface area contributed by atoms with Gasteiger partial charge in [0.15, 0.2) is 0 Å². The maximum atomic E-state index is 9.56. The first-order valence-electron chi connectivity index (χ1n) is 7.73. The molecule has 5 heteroatoms. The Morgan fingerprint density at radius 3 is 2.25 bits per heavy atom. The van der Waals surface area contributed by atoms with E-state index in [4.69, 9.17) is 0 Å². The summed E-state index contributed by atoms with van der Waals surface area (Å²) < 4.78 is 0. The fourth-order valence-corrected chi connectivity index (χ4v) is 1.84. The average Bonchev–Trinajstić information content (AvgIpc) is 2.45. The van der Waals surface area contributed by atoms with Crippen LogP contribution in [0.3, 0.4) is 0 Å². The molecule has 1 heterocycles. The molecule has 0 bridgehead atoms. The second-order valence-electron chi connectivity index (χ2n) is 5.01. The highest BCUT2D eigenvalue weighted by atomic mass is 16.3. The number of anilines is 2. The number of aromatic nitrogens is 2. The van der Waals surface area contributed by atoms with Gasteiger partial charge in [-0.15, -0.1) is 0 Å². The van der Waals surface area contributed by atoms with Crippen LogP contribution in [-0.4, -0.2) is 34.3 Å². The van der Waals surface area contributed by atoms with Crippen LogP contribution >= 0.6 is 0 Å². The molecule has 3 N–H and O–H groups in total. The zero-order valence-corrected chi connectivity index (χ0v) is 12.9. The Kier molecular flexibility index (Phi) is 7.95. The summed E-state index contributed by atoms with van der Waals surface area (Å²) in [5, 5.41) is 16.1. The van der Waals surface area contributed by atoms with Gasteiger partial charge >= 0.3 is 0 Å². The molecule has 0 aromatic carbocycles. The molecule has 20 heavy (non-hydrogen) atoms. The zero-order chi connectivity index (χ0) is 14.8. The summed E-state index contributed by atoms with van der Waals surface area (Å²) in [6.07, 6.45) is 4.27. The van der Waals surface area contributed by atoms with E-state index in [0.29, 0.717) is 0 Å². The molecular weight excluding hydrogens is 252 g/mol. The Morgan fingerprint density at radius 1 is 1.05 bits per heavy atom. The van der Waals surface area contributed by atoms with E-state index in [1.165, 1.54) is 0 Å². The SMILES string of the molecule is CCCNc1cc(NCCC(O)CC)nc(CCC)n1. The lowest BCUT2D eigenvalue weighted by Gasteiger charge is -2.12. The Labute approximate surface area is 122 Å². The van der Waals surface area contributed by atoms with Crippen LogP contribution in [0.1, 0.15) is 52.3 Å². The summed E-state index contributed by atoms with van der Waals surface area (Å²) >= 11 is 0. The quantitative estimate of drug-likeness (QED) is 0.615. The van der Waals surface area contributed by atoms with E-state index in [2.05, 4.69) is 34.4 Å². The number of aliphatic hydroxyl groups is 1. The first-order valence-corrected chi connectivity index (χ1v) is 7.73. The van der Waals surface area contributed by atoms with Crippen molar-refractivity contribution >= 4 is 11.6 Å². The second-order valence-corrected chi connectivity index (χ2v) is 5.01. The van der Waals surface area contributed by atoms with Crippen molar-refractivity contribution in [3.63, 3.8) is 0 Å². The largest absolute Gasteiger partial charge is 0.393 e. The van der Waals surface area contributed by atoms with Gasteiger partial charge < -0.3 is 15.7 Å². The summed E-state index contributed by atoms with van der Waals surface area (Å²) in [6.45, 7) is 7.88. The van der Waals surface area contributed by atoms with Crippen molar-refractivity contribution in [1.29, 1.82) is 0 Å². The van der Waals surface area contributed by atoms with Gasteiger partial charge in [0.2, 0.25) is 0 Å². The molecule has 0 aliphatic rings. The maximum Gasteiger partial charge on any atom is 0.133 e. The minimum absolute atomic E-state index is 0.239. The van der Waals surface area contributed by atoms with Crippen LogP contribution < -0.4 is 10.6 Å². The van der Waals surface area contributed by atoms with Crippen molar-refractivity contribution in [1.82, 2.24) is 9.97 Å². The molecular formula is C15H28N4O. The molecule has 1 atom stereocenters. The molecule has 0 saturated heterocycles. The van der Waals surface area contributed by atoms with Gasteiger partial charge in [0, 0.05) is 25.6 Å². The van der Waals surface area contributed by atoms with E-state index in [1.54, 1.807) is 0 Å². The lowest BCUT2D eigenvalue weighted by molar-refractivity contribution is 0.164. The van der Waals surface area contributed by atoms with Gasteiger partial charge in [-0.3, -0.25) is 0 Å². The highest BCUT2D eigenvalue weighted by Crippen LogP contribution is 2.13. The highest BCUT2D eigenvalue weighted by molar-refractivity contribution is 5.47. The third kappa shape index (κ3) is 6.19.